The maximum atomic E-state index is 12.2. The quantitative estimate of drug-likeness (QED) is 0.705. The van der Waals surface area contributed by atoms with Gasteiger partial charge in [0.05, 0.1) is 18.8 Å². The topological polar surface area (TPSA) is 50.8 Å². The van der Waals surface area contributed by atoms with Gasteiger partial charge in [0.25, 0.3) is 0 Å². The summed E-state index contributed by atoms with van der Waals surface area (Å²) < 4.78 is 11.7. The van der Waals surface area contributed by atoms with Crippen LogP contribution in [-0.2, 0) is 14.3 Å². The predicted octanol–water partition coefficient (Wildman–Crippen LogP) is 2.38. The number of ether oxygens (including phenoxy) is 2. The smallest absolute Gasteiger partial charge is 0.249 e. The number of carbonyl (C=O) groups excluding carboxylic acids is 1. The molecule has 0 spiro atoms. The summed E-state index contributed by atoms with van der Waals surface area (Å²) in [7, 11) is 4.04. The van der Waals surface area contributed by atoms with Gasteiger partial charge >= 0.3 is 0 Å². The lowest BCUT2D eigenvalue weighted by Crippen LogP contribution is -2.37. The largest absolute Gasteiger partial charge is 0.372 e. The van der Waals surface area contributed by atoms with Crippen molar-refractivity contribution in [3.05, 3.63) is 35.9 Å². The Morgan fingerprint density at radius 1 is 1.33 bits per heavy atom. The Kier molecular flexibility index (Phi) is 7.69. The molecule has 5 nitrogen and oxygen atoms in total. The Balaban J connectivity index is 1.66. The molecule has 5 heteroatoms. The van der Waals surface area contributed by atoms with Crippen molar-refractivity contribution in [3.63, 3.8) is 0 Å². The van der Waals surface area contributed by atoms with Gasteiger partial charge in [-0.05, 0) is 38.9 Å². The summed E-state index contributed by atoms with van der Waals surface area (Å²) in [5.41, 5.74) is 1.18. The molecule has 1 amide bonds. The first kappa shape index (κ1) is 18.9. The molecule has 1 aromatic carbocycles. The number of nitrogens with one attached hydrogen (secondary N) is 1. The zero-order valence-corrected chi connectivity index (χ0v) is 15.0. The normalized spacial score (nSPS) is 21.8. The summed E-state index contributed by atoms with van der Waals surface area (Å²) in [6.07, 6.45) is 2.58. The van der Waals surface area contributed by atoms with E-state index in [1.165, 1.54) is 5.56 Å². The van der Waals surface area contributed by atoms with Crippen molar-refractivity contribution in [2.24, 2.45) is 0 Å². The minimum Gasteiger partial charge on any atom is -0.372 e. The average Bonchev–Trinajstić information content (AvgIpc) is 3.03. The second kappa shape index (κ2) is 9.77. The second-order valence-corrected chi connectivity index (χ2v) is 6.56. The fraction of sp³-hybridized carbons (Fsp3) is 0.632. The van der Waals surface area contributed by atoms with Crippen molar-refractivity contribution in [1.29, 1.82) is 0 Å². The zero-order chi connectivity index (χ0) is 17.4. The standard InChI is InChI=1S/C19H30N2O3/c1-4-17(15-8-6-5-7-9-15)23-13-12-20-19(22)18-11-10-16(24-18)14-21(2)3/h5-9,16-18H,4,10-14H2,1-3H3,(H,20,22)/t16-,17?,18+/m1/s1. The van der Waals surface area contributed by atoms with Crippen LogP contribution in [0.5, 0.6) is 0 Å². The lowest BCUT2D eigenvalue weighted by Gasteiger charge is -2.18. The third kappa shape index (κ3) is 5.89. The Morgan fingerprint density at radius 2 is 2.08 bits per heavy atom. The summed E-state index contributed by atoms with van der Waals surface area (Å²) in [5.74, 6) is -0.0207. The van der Waals surface area contributed by atoms with Crippen LogP contribution in [-0.4, -0.2) is 56.8 Å². The lowest BCUT2D eigenvalue weighted by molar-refractivity contribution is -0.132. The number of hydrogen-bond acceptors (Lipinski definition) is 4. The van der Waals surface area contributed by atoms with E-state index >= 15 is 0 Å². The van der Waals surface area contributed by atoms with Crippen LogP contribution in [0.2, 0.25) is 0 Å². The van der Waals surface area contributed by atoms with Crippen LogP contribution in [0.25, 0.3) is 0 Å². The van der Waals surface area contributed by atoms with E-state index in [1.807, 2.05) is 32.3 Å². The Morgan fingerprint density at radius 3 is 2.75 bits per heavy atom. The molecule has 1 aliphatic heterocycles. The van der Waals surface area contributed by atoms with Gasteiger partial charge < -0.3 is 19.7 Å². The van der Waals surface area contributed by atoms with E-state index in [0.717, 1.165) is 25.8 Å². The van der Waals surface area contributed by atoms with E-state index in [2.05, 4.69) is 29.3 Å². The summed E-state index contributed by atoms with van der Waals surface area (Å²) in [6, 6.07) is 10.2. The molecule has 1 heterocycles. The highest BCUT2D eigenvalue weighted by Crippen LogP contribution is 2.21. The van der Waals surface area contributed by atoms with E-state index in [1.54, 1.807) is 0 Å². The molecule has 1 unspecified atom stereocenters. The first-order chi connectivity index (χ1) is 11.6. The molecule has 1 N–H and O–H groups in total. The van der Waals surface area contributed by atoms with Crippen molar-refractivity contribution in [2.75, 3.05) is 33.8 Å². The van der Waals surface area contributed by atoms with Gasteiger partial charge in [-0.15, -0.1) is 0 Å². The van der Waals surface area contributed by atoms with Gasteiger partial charge in [0.1, 0.15) is 6.10 Å². The SMILES string of the molecule is CCC(OCCNC(=O)[C@@H]1CC[C@H](CN(C)C)O1)c1ccccc1. The van der Waals surface area contributed by atoms with Gasteiger partial charge in [-0.1, -0.05) is 37.3 Å². The Hall–Kier alpha value is -1.43. The van der Waals surface area contributed by atoms with Gasteiger partial charge in [-0.3, -0.25) is 4.79 Å². The molecule has 1 aromatic rings. The van der Waals surface area contributed by atoms with Crippen LogP contribution in [0.4, 0.5) is 0 Å². The van der Waals surface area contributed by atoms with E-state index < -0.39 is 0 Å². The maximum absolute atomic E-state index is 12.2. The van der Waals surface area contributed by atoms with Gasteiger partial charge in [-0.25, -0.2) is 0 Å². The summed E-state index contributed by atoms with van der Waals surface area (Å²) >= 11 is 0. The molecule has 24 heavy (non-hydrogen) atoms. The number of benzene rings is 1. The van der Waals surface area contributed by atoms with Gasteiger partial charge in [0.2, 0.25) is 5.91 Å². The van der Waals surface area contributed by atoms with Gasteiger partial charge in [-0.2, -0.15) is 0 Å². The van der Waals surface area contributed by atoms with Crippen LogP contribution in [0.3, 0.4) is 0 Å². The number of rotatable bonds is 9. The minimum atomic E-state index is -0.314. The highest BCUT2D eigenvalue weighted by Gasteiger charge is 2.30. The van der Waals surface area contributed by atoms with E-state index in [-0.39, 0.29) is 24.2 Å². The van der Waals surface area contributed by atoms with Crippen molar-refractivity contribution >= 4 is 5.91 Å². The number of hydrogen-bond donors (Lipinski definition) is 1. The molecular weight excluding hydrogens is 304 g/mol. The maximum Gasteiger partial charge on any atom is 0.249 e. The Labute approximate surface area is 145 Å². The van der Waals surface area contributed by atoms with Crippen molar-refractivity contribution in [1.82, 2.24) is 10.2 Å². The second-order valence-electron chi connectivity index (χ2n) is 6.56. The molecule has 0 aromatic heterocycles. The Bertz CT molecular complexity index is 493. The van der Waals surface area contributed by atoms with Gasteiger partial charge in [0, 0.05) is 13.1 Å². The molecule has 1 aliphatic rings. The van der Waals surface area contributed by atoms with Crippen LogP contribution in [0.15, 0.2) is 30.3 Å². The molecule has 1 saturated heterocycles. The molecule has 0 saturated carbocycles. The monoisotopic (exact) mass is 334 g/mol. The number of carbonyl (C=O) groups is 1. The van der Waals surface area contributed by atoms with E-state index in [0.29, 0.717) is 13.2 Å². The third-order valence-electron chi connectivity index (χ3n) is 4.23. The van der Waals surface area contributed by atoms with Crippen LogP contribution in [0, 0.1) is 0 Å². The summed E-state index contributed by atoms with van der Waals surface area (Å²) in [5, 5.41) is 2.93. The highest BCUT2D eigenvalue weighted by molar-refractivity contribution is 5.80. The average molecular weight is 334 g/mol. The predicted molar refractivity (Wildman–Crippen MR) is 94.9 cm³/mol. The molecule has 0 aliphatic carbocycles. The first-order valence-corrected chi connectivity index (χ1v) is 8.84. The molecule has 0 radical (unpaired) electrons. The highest BCUT2D eigenvalue weighted by atomic mass is 16.5. The van der Waals surface area contributed by atoms with Crippen molar-refractivity contribution in [3.8, 4) is 0 Å². The first-order valence-electron chi connectivity index (χ1n) is 8.84. The fourth-order valence-corrected chi connectivity index (χ4v) is 3.05. The number of likely N-dealkylation sites (N-methyl/N-ethyl adjacent to an activating group) is 1. The lowest BCUT2D eigenvalue weighted by atomic mass is 10.1. The number of nitrogens with zero attached hydrogens (tertiary/aromatic N) is 1. The third-order valence-corrected chi connectivity index (χ3v) is 4.23. The van der Waals surface area contributed by atoms with Crippen LogP contribution in [0.1, 0.15) is 37.9 Å². The van der Waals surface area contributed by atoms with Crippen LogP contribution < -0.4 is 5.32 Å². The van der Waals surface area contributed by atoms with Crippen LogP contribution >= 0.6 is 0 Å². The fourth-order valence-electron chi connectivity index (χ4n) is 3.05. The van der Waals surface area contributed by atoms with Crippen molar-refractivity contribution in [2.45, 2.75) is 44.5 Å². The molecule has 134 valence electrons. The molecular formula is C19H30N2O3. The summed E-state index contributed by atoms with van der Waals surface area (Å²) in [4.78, 5) is 14.2. The minimum absolute atomic E-state index is 0.0207. The van der Waals surface area contributed by atoms with Gasteiger partial charge in [0.15, 0.2) is 0 Å². The molecule has 3 atom stereocenters. The van der Waals surface area contributed by atoms with E-state index in [4.69, 9.17) is 9.47 Å². The van der Waals surface area contributed by atoms with E-state index in [9.17, 15) is 4.79 Å². The summed E-state index contributed by atoms with van der Waals surface area (Å²) in [6.45, 7) is 3.99. The zero-order valence-electron chi connectivity index (χ0n) is 15.0. The molecule has 2 rings (SSSR count). The van der Waals surface area contributed by atoms with Crippen molar-refractivity contribution < 1.29 is 14.3 Å². The molecule has 0 bridgehead atoms. The number of amides is 1. The molecule has 1 fully saturated rings.